The molecule has 0 radical (unpaired) electrons. The van der Waals surface area contributed by atoms with Crippen LogP contribution in [0.25, 0.3) is 0 Å². The monoisotopic (exact) mass is 218 g/mol. The molecular formula is C14H22N2. The zero-order chi connectivity index (χ0) is 11.4. The molecule has 1 N–H and O–H groups in total. The van der Waals surface area contributed by atoms with E-state index in [1.54, 1.807) is 0 Å². The smallest absolute Gasteiger partial charge is 0.0369 e. The third kappa shape index (κ3) is 2.56. The van der Waals surface area contributed by atoms with Gasteiger partial charge in [0.1, 0.15) is 0 Å². The number of hydrogen-bond donors (Lipinski definition) is 1. The zero-order valence-corrected chi connectivity index (χ0v) is 10.4. The van der Waals surface area contributed by atoms with Crippen molar-refractivity contribution in [3.05, 3.63) is 29.8 Å². The van der Waals surface area contributed by atoms with Crippen molar-refractivity contribution < 1.29 is 0 Å². The van der Waals surface area contributed by atoms with Crippen molar-refractivity contribution in [1.82, 2.24) is 5.32 Å². The van der Waals surface area contributed by atoms with Crippen molar-refractivity contribution in [3.63, 3.8) is 0 Å². The summed E-state index contributed by atoms with van der Waals surface area (Å²) < 4.78 is 0. The zero-order valence-electron chi connectivity index (χ0n) is 10.4. The first-order valence-electron chi connectivity index (χ1n) is 6.37. The van der Waals surface area contributed by atoms with Gasteiger partial charge in [-0.1, -0.05) is 19.1 Å². The van der Waals surface area contributed by atoms with Gasteiger partial charge in [-0.15, -0.1) is 0 Å². The Kier molecular flexibility index (Phi) is 3.83. The quantitative estimate of drug-likeness (QED) is 0.820. The summed E-state index contributed by atoms with van der Waals surface area (Å²) in [6.45, 7) is 7.88. The highest BCUT2D eigenvalue weighted by Gasteiger charge is 2.16. The van der Waals surface area contributed by atoms with Crippen LogP contribution in [0, 0.1) is 0 Å². The molecule has 1 aliphatic rings. The Morgan fingerprint density at radius 1 is 1.25 bits per heavy atom. The molecule has 1 unspecified atom stereocenters. The van der Waals surface area contributed by atoms with E-state index >= 15 is 0 Å². The van der Waals surface area contributed by atoms with Crippen molar-refractivity contribution in [3.8, 4) is 0 Å². The van der Waals surface area contributed by atoms with E-state index in [-0.39, 0.29) is 0 Å². The fraction of sp³-hybridized carbons (Fsp3) is 0.571. The maximum absolute atomic E-state index is 3.46. The number of aryl methyl sites for hydroxylation is 1. The van der Waals surface area contributed by atoms with Crippen LogP contribution < -0.4 is 10.2 Å². The van der Waals surface area contributed by atoms with Crippen LogP contribution in [0.1, 0.15) is 25.8 Å². The molecular weight excluding hydrogens is 196 g/mol. The lowest BCUT2D eigenvalue weighted by Gasteiger charge is -2.29. The third-order valence-electron chi connectivity index (χ3n) is 3.48. The molecule has 1 aliphatic heterocycles. The van der Waals surface area contributed by atoms with Gasteiger partial charge in [0, 0.05) is 24.8 Å². The van der Waals surface area contributed by atoms with Crippen LogP contribution in [0.5, 0.6) is 0 Å². The molecule has 0 bridgehead atoms. The van der Waals surface area contributed by atoms with Gasteiger partial charge in [0.05, 0.1) is 0 Å². The number of benzene rings is 1. The highest BCUT2D eigenvalue weighted by atomic mass is 15.2. The molecule has 0 saturated carbocycles. The van der Waals surface area contributed by atoms with Crippen LogP contribution >= 0.6 is 0 Å². The van der Waals surface area contributed by atoms with Gasteiger partial charge in [0.25, 0.3) is 0 Å². The predicted molar refractivity (Wildman–Crippen MR) is 70.1 cm³/mol. The topological polar surface area (TPSA) is 15.3 Å². The summed E-state index contributed by atoms with van der Waals surface area (Å²) in [5.41, 5.74) is 2.79. The first kappa shape index (κ1) is 11.5. The fourth-order valence-electron chi connectivity index (χ4n) is 2.32. The molecule has 16 heavy (non-hydrogen) atoms. The van der Waals surface area contributed by atoms with Crippen LogP contribution in [-0.4, -0.2) is 25.7 Å². The van der Waals surface area contributed by atoms with Crippen LogP contribution in [-0.2, 0) is 6.42 Å². The average Bonchev–Trinajstić information content (AvgIpc) is 2.54. The lowest BCUT2D eigenvalue weighted by atomic mass is 10.1. The maximum Gasteiger partial charge on any atom is 0.0369 e. The Morgan fingerprint density at radius 2 is 2.00 bits per heavy atom. The Balaban J connectivity index is 2.14. The molecule has 0 spiro atoms. The summed E-state index contributed by atoms with van der Waals surface area (Å²) >= 11 is 0. The summed E-state index contributed by atoms with van der Waals surface area (Å²) in [6.07, 6.45) is 2.35. The van der Waals surface area contributed by atoms with E-state index < -0.39 is 0 Å². The molecule has 1 saturated heterocycles. The molecule has 0 aromatic heterocycles. The Hall–Kier alpha value is -1.02. The van der Waals surface area contributed by atoms with Crippen molar-refractivity contribution in [1.29, 1.82) is 0 Å². The van der Waals surface area contributed by atoms with Gasteiger partial charge >= 0.3 is 0 Å². The van der Waals surface area contributed by atoms with Gasteiger partial charge < -0.3 is 10.2 Å². The van der Waals surface area contributed by atoms with Gasteiger partial charge in [0.2, 0.25) is 0 Å². The standard InChI is InChI=1S/C14H22N2/c1-3-13-4-6-14(7-5-13)16-11-10-15-9-8-12(16)2/h4-7,12,15H,3,8-11H2,1-2H3. The van der Waals surface area contributed by atoms with Gasteiger partial charge in [-0.2, -0.15) is 0 Å². The van der Waals surface area contributed by atoms with E-state index in [1.807, 2.05) is 0 Å². The molecule has 1 heterocycles. The summed E-state index contributed by atoms with van der Waals surface area (Å²) in [4.78, 5) is 2.51. The van der Waals surface area contributed by atoms with E-state index in [9.17, 15) is 0 Å². The first-order chi connectivity index (χ1) is 7.81. The second kappa shape index (κ2) is 5.35. The van der Waals surface area contributed by atoms with E-state index in [4.69, 9.17) is 0 Å². The predicted octanol–water partition coefficient (Wildman–Crippen LogP) is 2.44. The molecule has 0 amide bonds. The Labute approximate surface area is 98.7 Å². The highest BCUT2D eigenvalue weighted by Crippen LogP contribution is 2.20. The van der Waals surface area contributed by atoms with Crippen molar-refractivity contribution >= 4 is 5.69 Å². The molecule has 2 rings (SSSR count). The fourth-order valence-corrected chi connectivity index (χ4v) is 2.32. The second-order valence-corrected chi connectivity index (χ2v) is 4.60. The SMILES string of the molecule is CCc1ccc(N2CCNCCC2C)cc1. The minimum atomic E-state index is 0.641. The van der Waals surface area contributed by atoms with E-state index in [0.717, 1.165) is 26.1 Å². The van der Waals surface area contributed by atoms with Crippen LogP contribution in [0.2, 0.25) is 0 Å². The minimum Gasteiger partial charge on any atom is -0.368 e. The largest absolute Gasteiger partial charge is 0.368 e. The van der Waals surface area contributed by atoms with E-state index in [1.165, 1.54) is 17.7 Å². The third-order valence-corrected chi connectivity index (χ3v) is 3.48. The lowest BCUT2D eigenvalue weighted by molar-refractivity contribution is 0.631. The molecule has 88 valence electrons. The highest BCUT2D eigenvalue weighted by molar-refractivity contribution is 5.48. The van der Waals surface area contributed by atoms with Gasteiger partial charge in [-0.3, -0.25) is 0 Å². The van der Waals surface area contributed by atoms with Crippen LogP contribution in [0.3, 0.4) is 0 Å². The number of nitrogens with zero attached hydrogens (tertiary/aromatic N) is 1. The number of hydrogen-bond acceptors (Lipinski definition) is 2. The lowest BCUT2D eigenvalue weighted by Crippen LogP contribution is -2.34. The molecule has 1 aromatic rings. The van der Waals surface area contributed by atoms with Crippen molar-refractivity contribution in [2.75, 3.05) is 24.5 Å². The van der Waals surface area contributed by atoms with E-state index in [0.29, 0.717) is 6.04 Å². The Bertz CT molecular complexity index is 318. The molecule has 2 nitrogen and oxygen atoms in total. The molecule has 1 atom stereocenters. The van der Waals surface area contributed by atoms with Gasteiger partial charge in [0.15, 0.2) is 0 Å². The normalized spacial score (nSPS) is 21.9. The minimum absolute atomic E-state index is 0.641. The number of rotatable bonds is 2. The van der Waals surface area contributed by atoms with Crippen molar-refractivity contribution in [2.24, 2.45) is 0 Å². The van der Waals surface area contributed by atoms with Crippen molar-refractivity contribution in [2.45, 2.75) is 32.7 Å². The van der Waals surface area contributed by atoms with Gasteiger partial charge in [-0.05, 0) is 44.0 Å². The molecule has 1 aromatic carbocycles. The number of anilines is 1. The number of nitrogens with one attached hydrogen (secondary N) is 1. The summed E-state index contributed by atoms with van der Waals surface area (Å²) in [7, 11) is 0. The first-order valence-corrected chi connectivity index (χ1v) is 6.37. The molecule has 1 fully saturated rings. The second-order valence-electron chi connectivity index (χ2n) is 4.60. The molecule has 2 heteroatoms. The van der Waals surface area contributed by atoms with E-state index in [2.05, 4.69) is 48.3 Å². The maximum atomic E-state index is 3.46. The van der Waals surface area contributed by atoms with Crippen LogP contribution in [0.15, 0.2) is 24.3 Å². The summed E-state index contributed by atoms with van der Waals surface area (Å²) in [5.74, 6) is 0. The summed E-state index contributed by atoms with van der Waals surface area (Å²) in [5, 5.41) is 3.46. The van der Waals surface area contributed by atoms with Crippen LogP contribution in [0.4, 0.5) is 5.69 Å². The molecule has 0 aliphatic carbocycles. The van der Waals surface area contributed by atoms with Gasteiger partial charge in [-0.25, -0.2) is 0 Å². The summed E-state index contributed by atoms with van der Waals surface area (Å²) in [6, 6.07) is 9.67. The average molecular weight is 218 g/mol. The Morgan fingerprint density at radius 3 is 2.69 bits per heavy atom.